The van der Waals surface area contributed by atoms with Crippen LogP contribution in [0.25, 0.3) is 16.7 Å². The van der Waals surface area contributed by atoms with Crippen molar-refractivity contribution in [3.05, 3.63) is 69.0 Å². The molecule has 0 radical (unpaired) electrons. The van der Waals surface area contributed by atoms with E-state index in [4.69, 9.17) is 28.6 Å². The number of nitrogens with zero attached hydrogens (tertiary/aromatic N) is 4. The molecule has 0 aliphatic heterocycles. The predicted molar refractivity (Wildman–Crippen MR) is 108 cm³/mol. The van der Waals surface area contributed by atoms with Gasteiger partial charge in [-0.1, -0.05) is 41.0 Å². The monoisotopic (exact) mass is 452 g/mol. The molecular formula is C18H12Cl2F2N6S. The van der Waals surface area contributed by atoms with Gasteiger partial charge in [-0.05, 0) is 36.8 Å². The first kappa shape index (κ1) is 19.8. The van der Waals surface area contributed by atoms with E-state index >= 15 is 0 Å². The average molecular weight is 453 g/mol. The van der Waals surface area contributed by atoms with E-state index in [1.54, 1.807) is 19.1 Å². The minimum Gasteiger partial charge on any atom is -0.283 e. The van der Waals surface area contributed by atoms with Gasteiger partial charge in [0.25, 0.3) is 0 Å². The van der Waals surface area contributed by atoms with Crippen LogP contribution in [-0.4, -0.2) is 24.7 Å². The van der Waals surface area contributed by atoms with Crippen LogP contribution < -0.4 is 5.49 Å². The molecule has 0 amide bonds. The van der Waals surface area contributed by atoms with Gasteiger partial charge in [0, 0.05) is 11.4 Å². The topological polar surface area (TPSA) is 83.2 Å². The van der Waals surface area contributed by atoms with Gasteiger partial charge < -0.3 is 0 Å². The molecule has 0 aliphatic rings. The summed E-state index contributed by atoms with van der Waals surface area (Å²) in [7, 11) is 0. The number of H-pyrrole nitrogens is 1. The lowest BCUT2D eigenvalue weighted by Crippen LogP contribution is -2.24. The van der Waals surface area contributed by atoms with Crippen LogP contribution in [0.15, 0.2) is 35.5 Å². The molecule has 2 N–H and O–H groups in total. The van der Waals surface area contributed by atoms with Crippen molar-refractivity contribution >= 4 is 46.0 Å². The molecule has 6 nitrogen and oxygen atoms in total. The molecule has 0 aliphatic carbocycles. The highest BCUT2D eigenvalue weighted by Crippen LogP contribution is 2.28. The van der Waals surface area contributed by atoms with Crippen molar-refractivity contribution in [1.29, 1.82) is 5.41 Å². The van der Waals surface area contributed by atoms with Crippen LogP contribution in [0.2, 0.25) is 10.3 Å². The van der Waals surface area contributed by atoms with E-state index in [1.807, 2.05) is 0 Å². The normalized spacial score (nSPS) is 11.3. The quantitative estimate of drug-likeness (QED) is 0.264. The summed E-state index contributed by atoms with van der Waals surface area (Å²) in [5.74, 6) is -1.27. The van der Waals surface area contributed by atoms with E-state index < -0.39 is 11.6 Å². The summed E-state index contributed by atoms with van der Waals surface area (Å²) in [6.45, 7) is 1.71. The highest BCUT2D eigenvalue weighted by atomic mass is 35.5. The Kier molecular flexibility index (Phi) is 5.28. The first-order valence-electron chi connectivity index (χ1n) is 8.26. The lowest BCUT2D eigenvalue weighted by atomic mass is 10.2. The summed E-state index contributed by atoms with van der Waals surface area (Å²) < 4.78 is 30.2. The molecule has 0 unspecified atom stereocenters. The van der Waals surface area contributed by atoms with Crippen molar-refractivity contribution in [2.24, 2.45) is 0 Å². The fourth-order valence-electron chi connectivity index (χ4n) is 2.88. The minimum atomic E-state index is -0.803. The highest BCUT2D eigenvalue weighted by molar-refractivity contribution is 7.98. The Morgan fingerprint density at radius 2 is 1.79 bits per heavy atom. The Morgan fingerprint density at radius 3 is 2.45 bits per heavy atom. The van der Waals surface area contributed by atoms with E-state index in [1.165, 1.54) is 17.8 Å². The molecule has 4 aromatic rings. The number of thioether (sulfide) groups is 1. The summed E-state index contributed by atoms with van der Waals surface area (Å²) in [5, 5.41) is 16.5. The number of hydrogen-bond acceptors (Lipinski definition) is 5. The van der Waals surface area contributed by atoms with Gasteiger partial charge in [-0.25, -0.2) is 18.7 Å². The van der Waals surface area contributed by atoms with Crippen molar-refractivity contribution < 1.29 is 8.78 Å². The maximum absolute atomic E-state index is 14.5. The number of hydrogen-bond donors (Lipinski definition) is 2. The largest absolute Gasteiger partial charge is 0.283 e. The second kappa shape index (κ2) is 7.74. The Hall–Kier alpha value is -2.49. The number of aryl methyl sites for hydroxylation is 1. The Balaban J connectivity index is 1.89. The average Bonchev–Trinajstić information content (AvgIpc) is 3.02. The van der Waals surface area contributed by atoms with Crippen molar-refractivity contribution in [3.63, 3.8) is 0 Å². The molecular weight excluding hydrogens is 441 g/mol. The van der Waals surface area contributed by atoms with Gasteiger partial charge in [-0.15, -0.1) is 0 Å². The van der Waals surface area contributed by atoms with Crippen molar-refractivity contribution in [2.45, 2.75) is 17.8 Å². The van der Waals surface area contributed by atoms with Crippen molar-refractivity contribution in [2.75, 3.05) is 0 Å². The van der Waals surface area contributed by atoms with Crippen LogP contribution in [0, 0.1) is 24.0 Å². The van der Waals surface area contributed by atoms with Gasteiger partial charge in [0.1, 0.15) is 33.1 Å². The summed E-state index contributed by atoms with van der Waals surface area (Å²) in [6.07, 6.45) is 0. The smallest absolute Gasteiger partial charge is 0.187 e. The second-order valence-electron chi connectivity index (χ2n) is 6.11. The van der Waals surface area contributed by atoms with Crippen molar-refractivity contribution in [3.8, 4) is 5.69 Å². The summed E-state index contributed by atoms with van der Waals surface area (Å²) in [4.78, 5) is 8.32. The van der Waals surface area contributed by atoms with Gasteiger partial charge in [0.05, 0.1) is 5.39 Å². The number of para-hydroxylation sites is 1. The van der Waals surface area contributed by atoms with Gasteiger partial charge >= 0.3 is 0 Å². The van der Waals surface area contributed by atoms with E-state index in [9.17, 15) is 8.78 Å². The molecule has 0 spiro atoms. The maximum atomic E-state index is 14.5. The third-order valence-corrected chi connectivity index (χ3v) is 5.53. The number of aromatic amines is 1. The van der Waals surface area contributed by atoms with Gasteiger partial charge in [0.2, 0.25) is 0 Å². The zero-order valence-electron chi connectivity index (χ0n) is 14.8. The molecule has 3 heterocycles. The molecule has 148 valence electrons. The van der Waals surface area contributed by atoms with E-state index in [0.717, 1.165) is 22.3 Å². The zero-order chi connectivity index (χ0) is 20.7. The number of pyridine rings is 1. The first-order valence-corrected chi connectivity index (χ1v) is 10.0. The lowest BCUT2D eigenvalue weighted by molar-refractivity contribution is 0.554. The first-order chi connectivity index (χ1) is 13.8. The van der Waals surface area contributed by atoms with Crippen LogP contribution >= 0.6 is 35.0 Å². The van der Waals surface area contributed by atoms with Crippen LogP contribution in [-0.2, 0) is 5.75 Å². The fourth-order valence-corrected chi connectivity index (χ4v) is 4.31. The molecule has 0 bridgehead atoms. The van der Waals surface area contributed by atoms with Gasteiger partial charge in [-0.2, -0.15) is 5.10 Å². The van der Waals surface area contributed by atoms with Crippen LogP contribution in [0.4, 0.5) is 8.78 Å². The second-order valence-corrected chi connectivity index (χ2v) is 7.82. The Morgan fingerprint density at radius 1 is 1.14 bits per heavy atom. The molecule has 0 fully saturated rings. The molecule has 3 aromatic heterocycles. The summed E-state index contributed by atoms with van der Waals surface area (Å²) in [6, 6.07) is 6.80. The van der Waals surface area contributed by atoms with E-state index in [2.05, 4.69) is 20.2 Å². The Bertz CT molecular complexity index is 1260. The standard InChI is InChI=1S/C18H12Cl2F2N6S/c1-8-14-16(23)28(15-10(21)3-2-4-11(15)22)18(25-17(14)27-26-8)29-7-9-5-12(19)24-13(20)6-9/h2-6,23H,7H2,1H3,(H,26,27). The van der Waals surface area contributed by atoms with Crippen LogP contribution in [0.3, 0.4) is 0 Å². The van der Waals surface area contributed by atoms with Crippen LogP contribution in [0.1, 0.15) is 11.3 Å². The number of nitrogens with one attached hydrogen (secondary N) is 2. The number of fused-ring (bicyclic) bond motifs is 1. The highest BCUT2D eigenvalue weighted by Gasteiger charge is 2.20. The molecule has 11 heteroatoms. The molecule has 0 saturated carbocycles. The SMILES string of the molecule is Cc1[nH]nc2nc(SCc3cc(Cl)nc(Cl)c3)n(-c3c(F)cccc3F)c(=N)c12. The Labute approximate surface area is 177 Å². The van der Waals surface area contributed by atoms with Crippen molar-refractivity contribution in [1.82, 2.24) is 24.7 Å². The number of aromatic nitrogens is 5. The molecule has 4 rings (SSSR count). The summed E-state index contributed by atoms with van der Waals surface area (Å²) >= 11 is 13.0. The van der Waals surface area contributed by atoms with E-state index in [-0.39, 0.29) is 32.3 Å². The predicted octanol–water partition coefficient (Wildman–Crippen LogP) is 4.81. The maximum Gasteiger partial charge on any atom is 0.187 e. The zero-order valence-corrected chi connectivity index (χ0v) is 17.1. The van der Waals surface area contributed by atoms with Crippen LogP contribution in [0.5, 0.6) is 0 Å². The summed E-state index contributed by atoms with van der Waals surface area (Å²) in [5.41, 5.74) is 1.10. The number of rotatable bonds is 4. The van der Waals surface area contributed by atoms with Gasteiger partial charge in [-0.3, -0.25) is 15.1 Å². The third-order valence-electron chi connectivity index (χ3n) is 4.13. The lowest BCUT2D eigenvalue weighted by Gasteiger charge is -2.15. The minimum absolute atomic E-state index is 0.126. The molecule has 1 aromatic carbocycles. The number of benzene rings is 1. The molecule has 0 saturated heterocycles. The molecule has 29 heavy (non-hydrogen) atoms. The third kappa shape index (κ3) is 3.73. The molecule has 0 atom stereocenters. The fraction of sp³-hybridized carbons (Fsp3) is 0.111. The van der Waals surface area contributed by atoms with E-state index in [0.29, 0.717) is 16.8 Å². The van der Waals surface area contributed by atoms with Gasteiger partial charge in [0.15, 0.2) is 10.8 Å². The number of halogens is 4.